The highest BCUT2D eigenvalue weighted by atomic mass is 15.1. The Labute approximate surface area is 71.8 Å². The molecular formula is C10H22N. The van der Waals surface area contributed by atoms with Crippen molar-refractivity contribution in [2.24, 2.45) is 0 Å². The molecule has 1 heteroatoms. The Balaban J connectivity index is 3.76. The van der Waals surface area contributed by atoms with Crippen LogP contribution in [0.15, 0.2) is 0 Å². The van der Waals surface area contributed by atoms with Crippen LogP contribution in [0, 0.1) is 6.92 Å². The van der Waals surface area contributed by atoms with E-state index in [9.17, 15) is 0 Å². The molecule has 67 valence electrons. The molecule has 0 saturated carbocycles. The maximum absolute atomic E-state index is 3.90. The molecule has 1 atom stereocenters. The van der Waals surface area contributed by atoms with Gasteiger partial charge in [0.05, 0.1) is 0 Å². The molecule has 11 heavy (non-hydrogen) atoms. The second-order valence-corrected chi connectivity index (χ2v) is 2.93. The van der Waals surface area contributed by atoms with Crippen LogP contribution in [0.4, 0.5) is 0 Å². The fourth-order valence-electron chi connectivity index (χ4n) is 1.62. The molecular weight excluding hydrogens is 134 g/mol. The van der Waals surface area contributed by atoms with Crippen LogP contribution in [0.1, 0.15) is 40.0 Å². The van der Waals surface area contributed by atoms with E-state index in [-0.39, 0.29) is 0 Å². The van der Waals surface area contributed by atoms with Gasteiger partial charge in [-0.05, 0) is 25.9 Å². The fraction of sp³-hybridized carbons (Fsp3) is 0.900. The van der Waals surface area contributed by atoms with Gasteiger partial charge in [0.2, 0.25) is 0 Å². The summed E-state index contributed by atoms with van der Waals surface area (Å²) in [4.78, 5) is 2.52. The third-order valence-electron chi connectivity index (χ3n) is 2.34. The predicted octanol–water partition coefficient (Wildman–Crippen LogP) is 2.72. The number of hydrogen-bond acceptors (Lipinski definition) is 1. The lowest BCUT2D eigenvalue weighted by Crippen LogP contribution is -2.34. The van der Waals surface area contributed by atoms with Crippen molar-refractivity contribution in [3.05, 3.63) is 6.92 Å². The Morgan fingerprint density at radius 2 is 1.73 bits per heavy atom. The molecule has 0 amide bonds. The van der Waals surface area contributed by atoms with Gasteiger partial charge in [0, 0.05) is 6.04 Å². The molecule has 0 aliphatic rings. The highest BCUT2D eigenvalue weighted by Crippen LogP contribution is 2.09. The van der Waals surface area contributed by atoms with Crippen molar-refractivity contribution in [3.8, 4) is 0 Å². The quantitative estimate of drug-likeness (QED) is 0.571. The zero-order valence-corrected chi connectivity index (χ0v) is 8.27. The van der Waals surface area contributed by atoms with Gasteiger partial charge in [0.15, 0.2) is 0 Å². The fourth-order valence-corrected chi connectivity index (χ4v) is 1.62. The van der Waals surface area contributed by atoms with Crippen LogP contribution in [-0.2, 0) is 0 Å². The van der Waals surface area contributed by atoms with E-state index >= 15 is 0 Å². The van der Waals surface area contributed by atoms with E-state index in [2.05, 4.69) is 32.6 Å². The summed E-state index contributed by atoms with van der Waals surface area (Å²) in [5, 5.41) is 0. The Bertz CT molecular complexity index is 76.9. The number of nitrogens with zero attached hydrogens (tertiary/aromatic N) is 1. The van der Waals surface area contributed by atoms with Gasteiger partial charge in [-0.3, -0.25) is 0 Å². The minimum Gasteiger partial charge on any atom is -0.301 e. The SMILES string of the molecule is [CH2]CCC(CC)N(CC)CC. The van der Waals surface area contributed by atoms with Gasteiger partial charge in [-0.25, -0.2) is 0 Å². The molecule has 0 heterocycles. The van der Waals surface area contributed by atoms with Crippen molar-refractivity contribution in [2.75, 3.05) is 13.1 Å². The third-order valence-corrected chi connectivity index (χ3v) is 2.34. The van der Waals surface area contributed by atoms with Crippen LogP contribution in [0.2, 0.25) is 0 Å². The first-order valence-corrected chi connectivity index (χ1v) is 4.83. The van der Waals surface area contributed by atoms with Gasteiger partial charge in [0.25, 0.3) is 0 Å². The summed E-state index contributed by atoms with van der Waals surface area (Å²) in [5.74, 6) is 0. The van der Waals surface area contributed by atoms with Gasteiger partial charge in [-0.1, -0.05) is 34.1 Å². The van der Waals surface area contributed by atoms with Gasteiger partial charge in [0.1, 0.15) is 0 Å². The van der Waals surface area contributed by atoms with Crippen LogP contribution in [-0.4, -0.2) is 24.0 Å². The standard InChI is InChI=1S/C10H22N/c1-5-9-10(6-2)11(7-3)8-4/h10H,1,5-9H2,2-4H3. The molecule has 1 unspecified atom stereocenters. The van der Waals surface area contributed by atoms with Crippen molar-refractivity contribution in [3.63, 3.8) is 0 Å². The van der Waals surface area contributed by atoms with Gasteiger partial charge in [-0.15, -0.1) is 0 Å². The summed E-state index contributed by atoms with van der Waals surface area (Å²) < 4.78 is 0. The molecule has 0 aromatic carbocycles. The molecule has 0 aliphatic heterocycles. The van der Waals surface area contributed by atoms with Gasteiger partial charge >= 0.3 is 0 Å². The molecule has 0 fully saturated rings. The van der Waals surface area contributed by atoms with E-state index < -0.39 is 0 Å². The highest BCUT2D eigenvalue weighted by molar-refractivity contribution is 4.68. The third kappa shape index (κ3) is 3.76. The lowest BCUT2D eigenvalue weighted by molar-refractivity contribution is 0.201. The molecule has 0 aliphatic carbocycles. The Morgan fingerprint density at radius 3 is 2.00 bits per heavy atom. The molecule has 1 nitrogen and oxygen atoms in total. The van der Waals surface area contributed by atoms with E-state index in [1.165, 1.54) is 25.9 Å². The predicted molar refractivity (Wildman–Crippen MR) is 51.6 cm³/mol. The molecule has 0 spiro atoms. The van der Waals surface area contributed by atoms with Crippen molar-refractivity contribution in [1.29, 1.82) is 0 Å². The zero-order chi connectivity index (χ0) is 8.69. The van der Waals surface area contributed by atoms with Crippen LogP contribution in [0.3, 0.4) is 0 Å². The molecule has 0 bridgehead atoms. The normalized spacial score (nSPS) is 13.9. The van der Waals surface area contributed by atoms with Crippen LogP contribution >= 0.6 is 0 Å². The van der Waals surface area contributed by atoms with E-state index in [0.29, 0.717) is 0 Å². The maximum Gasteiger partial charge on any atom is 0.00924 e. The van der Waals surface area contributed by atoms with Crippen LogP contribution < -0.4 is 0 Å². The van der Waals surface area contributed by atoms with E-state index in [0.717, 1.165) is 12.5 Å². The minimum atomic E-state index is 0.766. The molecule has 1 radical (unpaired) electrons. The number of hydrogen-bond donors (Lipinski definition) is 0. The second-order valence-electron chi connectivity index (χ2n) is 2.93. The lowest BCUT2D eigenvalue weighted by Gasteiger charge is -2.28. The molecule has 0 aromatic heterocycles. The van der Waals surface area contributed by atoms with Crippen LogP contribution in [0.25, 0.3) is 0 Å². The minimum absolute atomic E-state index is 0.766. The first-order valence-electron chi connectivity index (χ1n) is 4.83. The molecule has 0 aromatic rings. The van der Waals surface area contributed by atoms with Crippen LogP contribution in [0.5, 0.6) is 0 Å². The summed E-state index contributed by atoms with van der Waals surface area (Å²) in [7, 11) is 0. The summed E-state index contributed by atoms with van der Waals surface area (Å²) in [6.07, 6.45) is 3.57. The molecule has 0 rings (SSSR count). The summed E-state index contributed by atoms with van der Waals surface area (Å²) in [6, 6.07) is 0.766. The first-order chi connectivity index (χ1) is 5.29. The number of rotatable bonds is 6. The maximum atomic E-state index is 3.90. The van der Waals surface area contributed by atoms with Crippen molar-refractivity contribution < 1.29 is 0 Å². The largest absolute Gasteiger partial charge is 0.301 e. The van der Waals surface area contributed by atoms with E-state index in [4.69, 9.17) is 0 Å². The van der Waals surface area contributed by atoms with Crippen molar-refractivity contribution >= 4 is 0 Å². The lowest BCUT2D eigenvalue weighted by atomic mass is 10.1. The summed E-state index contributed by atoms with van der Waals surface area (Å²) in [6.45, 7) is 13.0. The Hall–Kier alpha value is -0.0400. The van der Waals surface area contributed by atoms with Crippen molar-refractivity contribution in [1.82, 2.24) is 4.90 Å². The average Bonchev–Trinajstić information content (AvgIpc) is 2.05. The Morgan fingerprint density at radius 1 is 1.18 bits per heavy atom. The smallest absolute Gasteiger partial charge is 0.00924 e. The average molecular weight is 156 g/mol. The monoisotopic (exact) mass is 156 g/mol. The summed E-state index contributed by atoms with van der Waals surface area (Å²) in [5.41, 5.74) is 0. The van der Waals surface area contributed by atoms with Gasteiger partial charge < -0.3 is 4.90 Å². The van der Waals surface area contributed by atoms with Crippen molar-refractivity contribution in [2.45, 2.75) is 46.1 Å². The van der Waals surface area contributed by atoms with Gasteiger partial charge in [-0.2, -0.15) is 0 Å². The molecule has 0 N–H and O–H groups in total. The second kappa shape index (κ2) is 6.66. The van der Waals surface area contributed by atoms with E-state index in [1.807, 2.05) is 0 Å². The zero-order valence-electron chi connectivity index (χ0n) is 8.27. The topological polar surface area (TPSA) is 3.24 Å². The molecule has 0 saturated heterocycles. The van der Waals surface area contributed by atoms with E-state index in [1.54, 1.807) is 0 Å². The highest BCUT2D eigenvalue weighted by Gasteiger charge is 2.11. The first kappa shape index (κ1) is 11.0. The Kier molecular flexibility index (Phi) is 6.63. The summed E-state index contributed by atoms with van der Waals surface area (Å²) >= 11 is 0.